The summed E-state index contributed by atoms with van der Waals surface area (Å²) < 4.78 is 5.29. The van der Waals surface area contributed by atoms with Gasteiger partial charge in [-0.2, -0.15) is 0 Å². The van der Waals surface area contributed by atoms with Crippen LogP contribution in [0.25, 0.3) is 6.08 Å². The fourth-order valence-electron chi connectivity index (χ4n) is 1.75. The van der Waals surface area contributed by atoms with Crippen LogP contribution in [0.3, 0.4) is 0 Å². The number of carbonyl (C=O) groups is 2. The molecule has 106 valence electrons. The number of para-hydroxylation sites is 1. The molecule has 0 heterocycles. The van der Waals surface area contributed by atoms with E-state index in [1.54, 1.807) is 42.5 Å². The van der Waals surface area contributed by atoms with Gasteiger partial charge in [-0.15, -0.1) is 0 Å². The van der Waals surface area contributed by atoms with Crippen molar-refractivity contribution >= 4 is 29.7 Å². The Labute approximate surface area is 127 Å². The maximum atomic E-state index is 12.0. The molecule has 0 aliphatic heterocycles. The molecule has 0 fully saturated rings. The van der Waals surface area contributed by atoms with Gasteiger partial charge in [0.15, 0.2) is 12.1 Å². The number of ether oxygens (including phenoxy) is 1. The molecule has 0 N–H and O–H groups in total. The third-order valence-electron chi connectivity index (χ3n) is 2.77. The number of benzene rings is 2. The highest BCUT2D eigenvalue weighted by molar-refractivity contribution is 6.30. The van der Waals surface area contributed by atoms with Crippen molar-refractivity contribution in [2.75, 3.05) is 6.61 Å². The molecule has 0 saturated heterocycles. The first kappa shape index (κ1) is 15.0. The van der Waals surface area contributed by atoms with Gasteiger partial charge in [-0.05, 0) is 42.5 Å². The van der Waals surface area contributed by atoms with Gasteiger partial charge >= 0.3 is 0 Å². The number of halogens is 1. The molecule has 0 aromatic heterocycles. The Balaban J connectivity index is 2.15. The zero-order valence-corrected chi connectivity index (χ0v) is 11.9. The van der Waals surface area contributed by atoms with Gasteiger partial charge in [0.25, 0.3) is 0 Å². The fourth-order valence-corrected chi connectivity index (χ4v) is 1.88. The summed E-state index contributed by atoms with van der Waals surface area (Å²) in [7, 11) is 0. The second-order valence-corrected chi connectivity index (χ2v) is 4.66. The molecule has 0 aliphatic carbocycles. The molecule has 4 heteroatoms. The molecule has 0 spiro atoms. The molecule has 2 aromatic carbocycles. The lowest BCUT2D eigenvalue weighted by Crippen LogP contribution is -1.99. The summed E-state index contributed by atoms with van der Waals surface area (Å²) in [5.41, 5.74) is 1.30. The first-order valence-corrected chi connectivity index (χ1v) is 6.72. The maximum absolute atomic E-state index is 12.0. The van der Waals surface area contributed by atoms with Gasteiger partial charge in [0, 0.05) is 16.1 Å². The molecule has 0 amide bonds. The van der Waals surface area contributed by atoms with Crippen molar-refractivity contribution in [1.29, 1.82) is 0 Å². The Bertz CT molecular complexity index is 660. The molecular formula is C17H13ClO3. The maximum Gasteiger partial charge on any atom is 0.185 e. The van der Waals surface area contributed by atoms with Crippen molar-refractivity contribution in [3.63, 3.8) is 0 Å². The van der Waals surface area contributed by atoms with Crippen molar-refractivity contribution in [3.8, 4) is 5.75 Å². The third kappa shape index (κ3) is 4.29. The SMILES string of the molecule is O=CCOc1ccccc1/C=C/C(=O)c1ccc(Cl)cc1. The number of allylic oxidation sites excluding steroid dienone is 1. The second kappa shape index (κ2) is 7.41. The summed E-state index contributed by atoms with van der Waals surface area (Å²) in [5.74, 6) is 0.432. The van der Waals surface area contributed by atoms with Crippen LogP contribution in [0.1, 0.15) is 15.9 Å². The molecule has 0 aliphatic rings. The van der Waals surface area contributed by atoms with Crippen molar-refractivity contribution in [2.45, 2.75) is 0 Å². The summed E-state index contributed by atoms with van der Waals surface area (Å²) in [5, 5.41) is 0.586. The van der Waals surface area contributed by atoms with Gasteiger partial charge in [0.05, 0.1) is 0 Å². The van der Waals surface area contributed by atoms with Crippen LogP contribution in [0.2, 0.25) is 5.02 Å². The topological polar surface area (TPSA) is 43.4 Å². The van der Waals surface area contributed by atoms with E-state index in [4.69, 9.17) is 16.3 Å². The normalized spacial score (nSPS) is 10.5. The second-order valence-electron chi connectivity index (χ2n) is 4.22. The monoisotopic (exact) mass is 300 g/mol. The molecule has 0 atom stereocenters. The van der Waals surface area contributed by atoms with Crippen molar-refractivity contribution in [2.24, 2.45) is 0 Å². The molecule has 0 unspecified atom stereocenters. The fraction of sp³-hybridized carbons (Fsp3) is 0.0588. The van der Waals surface area contributed by atoms with E-state index in [0.717, 1.165) is 5.56 Å². The Morgan fingerprint density at radius 3 is 2.52 bits per heavy atom. The summed E-state index contributed by atoms with van der Waals surface area (Å²) in [4.78, 5) is 22.4. The van der Waals surface area contributed by atoms with Crippen LogP contribution in [-0.4, -0.2) is 18.7 Å². The smallest absolute Gasteiger partial charge is 0.185 e. The minimum atomic E-state index is -0.128. The van der Waals surface area contributed by atoms with E-state index in [0.29, 0.717) is 22.6 Å². The Kier molecular flexibility index (Phi) is 5.29. The zero-order valence-electron chi connectivity index (χ0n) is 11.2. The lowest BCUT2D eigenvalue weighted by Gasteiger charge is -2.05. The van der Waals surface area contributed by atoms with E-state index < -0.39 is 0 Å². The van der Waals surface area contributed by atoms with E-state index in [-0.39, 0.29) is 12.4 Å². The molecule has 2 rings (SSSR count). The van der Waals surface area contributed by atoms with Gasteiger partial charge in [0.2, 0.25) is 0 Å². The van der Waals surface area contributed by atoms with E-state index >= 15 is 0 Å². The van der Waals surface area contributed by atoms with Crippen LogP contribution >= 0.6 is 11.6 Å². The van der Waals surface area contributed by atoms with Crippen molar-refractivity contribution < 1.29 is 14.3 Å². The average Bonchev–Trinajstić information content (AvgIpc) is 2.52. The van der Waals surface area contributed by atoms with Gasteiger partial charge in [-0.1, -0.05) is 29.8 Å². The van der Waals surface area contributed by atoms with Gasteiger partial charge < -0.3 is 4.74 Å². The van der Waals surface area contributed by atoms with Gasteiger partial charge in [-0.25, -0.2) is 0 Å². The van der Waals surface area contributed by atoms with Crippen LogP contribution in [-0.2, 0) is 4.79 Å². The molecule has 0 bridgehead atoms. The first-order valence-electron chi connectivity index (χ1n) is 6.34. The predicted molar refractivity (Wildman–Crippen MR) is 82.8 cm³/mol. The highest BCUT2D eigenvalue weighted by Gasteiger charge is 2.03. The number of aldehydes is 1. The average molecular weight is 301 g/mol. The zero-order chi connectivity index (χ0) is 15.1. The molecule has 3 nitrogen and oxygen atoms in total. The molecule has 0 radical (unpaired) electrons. The van der Waals surface area contributed by atoms with Crippen LogP contribution in [0.15, 0.2) is 54.6 Å². The van der Waals surface area contributed by atoms with E-state index in [2.05, 4.69) is 0 Å². The molecule has 0 saturated carbocycles. The number of ketones is 1. The van der Waals surface area contributed by atoms with Crippen LogP contribution in [0.5, 0.6) is 5.75 Å². The highest BCUT2D eigenvalue weighted by Crippen LogP contribution is 2.19. The Hall–Kier alpha value is -2.39. The molecule has 21 heavy (non-hydrogen) atoms. The number of carbonyl (C=O) groups excluding carboxylic acids is 2. The quantitative estimate of drug-likeness (QED) is 0.463. The van der Waals surface area contributed by atoms with Gasteiger partial charge in [-0.3, -0.25) is 9.59 Å². The van der Waals surface area contributed by atoms with Crippen LogP contribution in [0.4, 0.5) is 0 Å². The number of hydrogen-bond acceptors (Lipinski definition) is 3. The number of rotatable bonds is 6. The predicted octanol–water partition coefficient (Wildman–Crippen LogP) is 3.81. The largest absolute Gasteiger partial charge is 0.486 e. The lowest BCUT2D eigenvalue weighted by atomic mass is 10.1. The van der Waals surface area contributed by atoms with Crippen LogP contribution < -0.4 is 4.74 Å². The Morgan fingerprint density at radius 2 is 1.81 bits per heavy atom. The lowest BCUT2D eigenvalue weighted by molar-refractivity contribution is -0.109. The minimum absolute atomic E-state index is 0.0179. The highest BCUT2D eigenvalue weighted by atomic mass is 35.5. The van der Waals surface area contributed by atoms with Crippen molar-refractivity contribution in [3.05, 3.63) is 70.8 Å². The van der Waals surface area contributed by atoms with E-state index in [1.165, 1.54) is 6.08 Å². The summed E-state index contributed by atoms with van der Waals surface area (Å²) in [6, 6.07) is 13.9. The standard InChI is InChI=1S/C17H13ClO3/c18-15-8-5-13(6-9-15)16(20)10-7-14-3-1-2-4-17(14)21-12-11-19/h1-11H,12H2/b10-7+. The summed E-state index contributed by atoms with van der Waals surface area (Å²) >= 11 is 5.78. The minimum Gasteiger partial charge on any atom is -0.486 e. The Morgan fingerprint density at radius 1 is 1.10 bits per heavy atom. The molecule has 2 aromatic rings. The van der Waals surface area contributed by atoms with E-state index in [9.17, 15) is 9.59 Å². The third-order valence-corrected chi connectivity index (χ3v) is 3.02. The van der Waals surface area contributed by atoms with E-state index in [1.807, 2.05) is 12.1 Å². The van der Waals surface area contributed by atoms with Crippen LogP contribution in [0, 0.1) is 0 Å². The summed E-state index contributed by atoms with van der Waals surface area (Å²) in [6.07, 6.45) is 3.81. The summed E-state index contributed by atoms with van der Waals surface area (Å²) in [6.45, 7) is -0.0179. The molecular weight excluding hydrogens is 288 g/mol. The van der Waals surface area contributed by atoms with Crippen molar-refractivity contribution in [1.82, 2.24) is 0 Å². The number of hydrogen-bond donors (Lipinski definition) is 0. The van der Waals surface area contributed by atoms with Gasteiger partial charge in [0.1, 0.15) is 12.4 Å². The first-order chi connectivity index (χ1) is 10.2.